The molecule has 2 rings (SSSR count). The summed E-state index contributed by atoms with van der Waals surface area (Å²) in [5.41, 5.74) is -1.95. The summed E-state index contributed by atoms with van der Waals surface area (Å²) in [4.78, 5) is 0. The van der Waals surface area contributed by atoms with Crippen molar-refractivity contribution in [2.45, 2.75) is 31.2 Å². The van der Waals surface area contributed by atoms with Gasteiger partial charge in [0.2, 0.25) is 0 Å². The smallest absolute Gasteiger partial charge is 0.388 e. The molecule has 1 heterocycles. The Kier molecular flexibility index (Phi) is 2.16. The van der Waals surface area contributed by atoms with E-state index in [1.807, 2.05) is 0 Å². The summed E-state index contributed by atoms with van der Waals surface area (Å²) in [5.74, 6) is -0.0742. The van der Waals surface area contributed by atoms with Crippen LogP contribution in [0.5, 0.6) is 0 Å². The van der Waals surface area contributed by atoms with E-state index in [0.717, 1.165) is 4.57 Å². The molecule has 1 aliphatic carbocycles. The predicted octanol–water partition coefficient (Wildman–Crippen LogP) is 1.48. The number of aromatic amines is 1. The second-order valence-electron chi connectivity index (χ2n) is 3.47. The first-order valence-electron chi connectivity index (χ1n) is 4.27. The second-order valence-corrected chi connectivity index (χ2v) is 3.85. The lowest BCUT2D eigenvalue weighted by Crippen LogP contribution is -2.36. The van der Waals surface area contributed by atoms with Gasteiger partial charge in [0.05, 0.1) is 0 Å². The summed E-state index contributed by atoms with van der Waals surface area (Å²) < 4.78 is 39.1. The maximum absolute atomic E-state index is 12.8. The third-order valence-corrected chi connectivity index (χ3v) is 2.84. The van der Waals surface area contributed by atoms with E-state index in [1.54, 1.807) is 0 Å². The third kappa shape index (κ3) is 1.39. The van der Waals surface area contributed by atoms with Gasteiger partial charge < -0.3 is 5.11 Å². The fraction of sp³-hybridized carbons (Fsp3) is 0.714. The van der Waals surface area contributed by atoms with Crippen molar-refractivity contribution in [3.05, 3.63) is 10.6 Å². The van der Waals surface area contributed by atoms with Gasteiger partial charge in [0.1, 0.15) is 12.1 Å². The van der Waals surface area contributed by atoms with E-state index in [0.29, 0.717) is 0 Å². The fourth-order valence-corrected chi connectivity index (χ4v) is 1.96. The zero-order chi connectivity index (χ0) is 11.3. The number of H-pyrrole nitrogens is 1. The molecule has 1 fully saturated rings. The topological polar surface area (TPSA) is 53.8 Å². The van der Waals surface area contributed by atoms with Crippen molar-refractivity contribution in [3.63, 3.8) is 0 Å². The third-order valence-electron chi connectivity index (χ3n) is 2.56. The lowest BCUT2D eigenvalue weighted by atomic mass is 10.2. The van der Waals surface area contributed by atoms with Crippen molar-refractivity contribution in [3.8, 4) is 0 Å². The minimum Gasteiger partial charge on any atom is -0.388 e. The Balaban J connectivity index is 2.55. The standard InChI is InChI=1S/C7H8F3N3OS/c8-7(9,10)6(1-2-6)13-4(3-14)11-12-5(13)15/h14H,1-3H2,(H,12,15). The first-order chi connectivity index (χ1) is 6.92. The van der Waals surface area contributed by atoms with Gasteiger partial charge in [-0.25, -0.2) is 0 Å². The molecule has 0 atom stereocenters. The Morgan fingerprint density at radius 1 is 1.53 bits per heavy atom. The van der Waals surface area contributed by atoms with Crippen LogP contribution >= 0.6 is 12.2 Å². The summed E-state index contributed by atoms with van der Waals surface area (Å²) in [6.45, 7) is -0.565. The van der Waals surface area contributed by atoms with Crippen molar-refractivity contribution in [1.29, 1.82) is 0 Å². The molecule has 1 saturated carbocycles. The van der Waals surface area contributed by atoms with Crippen LogP contribution in [0.3, 0.4) is 0 Å². The van der Waals surface area contributed by atoms with E-state index >= 15 is 0 Å². The Morgan fingerprint density at radius 2 is 2.13 bits per heavy atom. The highest BCUT2D eigenvalue weighted by Crippen LogP contribution is 2.55. The largest absolute Gasteiger partial charge is 0.412 e. The highest BCUT2D eigenvalue weighted by atomic mass is 32.1. The van der Waals surface area contributed by atoms with Crippen LogP contribution in [0.1, 0.15) is 18.7 Å². The first kappa shape index (κ1) is 10.6. The van der Waals surface area contributed by atoms with Crippen LogP contribution < -0.4 is 0 Å². The van der Waals surface area contributed by atoms with E-state index in [1.165, 1.54) is 0 Å². The number of aromatic nitrogens is 3. The number of nitrogens with zero attached hydrogens (tertiary/aromatic N) is 2. The predicted molar refractivity (Wildman–Crippen MR) is 46.6 cm³/mol. The zero-order valence-corrected chi connectivity index (χ0v) is 8.32. The van der Waals surface area contributed by atoms with Crippen molar-refractivity contribution >= 4 is 12.2 Å². The molecule has 0 bridgehead atoms. The molecule has 4 nitrogen and oxygen atoms in total. The number of rotatable bonds is 2. The molecule has 0 spiro atoms. The average Bonchev–Trinajstić information content (AvgIpc) is 2.85. The van der Waals surface area contributed by atoms with Crippen molar-refractivity contribution in [2.75, 3.05) is 0 Å². The van der Waals surface area contributed by atoms with Crippen molar-refractivity contribution in [2.24, 2.45) is 0 Å². The highest BCUT2D eigenvalue weighted by Gasteiger charge is 2.65. The van der Waals surface area contributed by atoms with Crippen LogP contribution in [0.25, 0.3) is 0 Å². The van der Waals surface area contributed by atoms with Crippen LogP contribution in [0.2, 0.25) is 0 Å². The van der Waals surface area contributed by atoms with Crippen molar-refractivity contribution < 1.29 is 18.3 Å². The van der Waals surface area contributed by atoms with E-state index < -0.39 is 18.3 Å². The quantitative estimate of drug-likeness (QED) is 0.769. The molecule has 1 aromatic heterocycles. The van der Waals surface area contributed by atoms with E-state index in [2.05, 4.69) is 10.2 Å². The molecule has 0 radical (unpaired) electrons. The van der Waals surface area contributed by atoms with Gasteiger partial charge in [0, 0.05) is 0 Å². The van der Waals surface area contributed by atoms with Gasteiger partial charge in [-0.15, -0.1) is 0 Å². The summed E-state index contributed by atoms with van der Waals surface area (Å²) in [5, 5.41) is 14.7. The maximum Gasteiger partial charge on any atom is 0.412 e. The van der Waals surface area contributed by atoms with E-state index in [9.17, 15) is 13.2 Å². The molecule has 0 unspecified atom stereocenters. The molecule has 15 heavy (non-hydrogen) atoms. The fourth-order valence-electron chi connectivity index (χ4n) is 1.63. The summed E-state index contributed by atoms with van der Waals surface area (Å²) in [6.07, 6.45) is -4.40. The number of hydrogen-bond acceptors (Lipinski definition) is 3. The maximum atomic E-state index is 12.8. The normalized spacial score (nSPS) is 19.2. The van der Waals surface area contributed by atoms with Crippen LogP contribution in [-0.2, 0) is 12.1 Å². The van der Waals surface area contributed by atoms with Gasteiger partial charge in [-0.2, -0.15) is 18.3 Å². The van der Waals surface area contributed by atoms with Gasteiger partial charge in [0.15, 0.2) is 10.6 Å². The average molecular weight is 239 g/mol. The molecule has 0 amide bonds. The van der Waals surface area contributed by atoms with Crippen molar-refractivity contribution in [1.82, 2.24) is 14.8 Å². The number of aliphatic hydroxyl groups is 1. The van der Waals surface area contributed by atoms with Gasteiger partial charge in [-0.05, 0) is 25.1 Å². The first-order valence-corrected chi connectivity index (χ1v) is 4.67. The van der Waals surface area contributed by atoms with Crippen LogP contribution in [0.4, 0.5) is 13.2 Å². The summed E-state index contributed by atoms with van der Waals surface area (Å²) in [7, 11) is 0. The molecule has 0 saturated heterocycles. The number of hydrogen-bond donors (Lipinski definition) is 2. The van der Waals surface area contributed by atoms with E-state index in [4.69, 9.17) is 17.3 Å². The van der Waals surface area contributed by atoms with Gasteiger partial charge in [0.25, 0.3) is 0 Å². The monoisotopic (exact) mass is 239 g/mol. The Bertz CT molecular complexity index is 431. The Labute approximate surface area is 87.7 Å². The van der Waals surface area contributed by atoms with Crippen LogP contribution in [-0.4, -0.2) is 26.0 Å². The lowest BCUT2D eigenvalue weighted by molar-refractivity contribution is -0.181. The minimum absolute atomic E-state index is 0.0165. The van der Waals surface area contributed by atoms with Gasteiger partial charge >= 0.3 is 6.18 Å². The highest BCUT2D eigenvalue weighted by molar-refractivity contribution is 7.71. The molecular weight excluding hydrogens is 231 g/mol. The SMILES string of the molecule is OCc1n[nH]c(=S)n1C1(C(F)(F)F)CC1. The number of nitrogens with one attached hydrogen (secondary N) is 1. The molecule has 84 valence electrons. The molecule has 1 aromatic rings. The molecule has 2 N–H and O–H groups in total. The summed E-state index contributed by atoms with van der Waals surface area (Å²) in [6, 6.07) is 0. The number of halogens is 3. The zero-order valence-electron chi connectivity index (χ0n) is 7.51. The van der Waals surface area contributed by atoms with E-state index in [-0.39, 0.29) is 23.4 Å². The van der Waals surface area contributed by atoms with Crippen LogP contribution in [0.15, 0.2) is 0 Å². The number of alkyl halides is 3. The minimum atomic E-state index is -4.36. The molecule has 0 aliphatic heterocycles. The van der Waals surface area contributed by atoms with Gasteiger partial charge in [-0.1, -0.05) is 0 Å². The van der Waals surface area contributed by atoms with Crippen LogP contribution in [0, 0.1) is 4.77 Å². The Hall–Kier alpha value is -0.890. The molecule has 1 aliphatic rings. The molecule has 8 heteroatoms. The lowest BCUT2D eigenvalue weighted by Gasteiger charge is -2.21. The summed E-state index contributed by atoms with van der Waals surface area (Å²) >= 11 is 4.73. The van der Waals surface area contributed by atoms with Gasteiger partial charge in [-0.3, -0.25) is 9.67 Å². The molecule has 0 aromatic carbocycles. The second kappa shape index (κ2) is 3.05. The Morgan fingerprint density at radius 3 is 2.53 bits per heavy atom. The molecular formula is C7H8F3N3OS. The number of aliphatic hydroxyl groups excluding tert-OH is 1.